The lowest BCUT2D eigenvalue weighted by Crippen LogP contribution is -2.42. The number of hydrogen-bond acceptors (Lipinski definition) is 5. The summed E-state index contributed by atoms with van der Waals surface area (Å²) in [7, 11) is 0. The molecule has 134 valence electrons. The number of carbonyl (C=O) groups is 1. The van der Waals surface area contributed by atoms with Gasteiger partial charge in [0.05, 0.1) is 18.3 Å². The Hall–Kier alpha value is -3.23. The van der Waals surface area contributed by atoms with E-state index in [1.807, 2.05) is 0 Å². The fourth-order valence-electron chi connectivity index (χ4n) is 2.60. The molecule has 3 aromatic rings. The molecule has 0 spiro atoms. The van der Waals surface area contributed by atoms with E-state index in [-0.39, 0.29) is 5.75 Å². The summed E-state index contributed by atoms with van der Waals surface area (Å²) in [6, 6.07) is 6.59. The Morgan fingerprint density at radius 2 is 2.00 bits per heavy atom. The van der Waals surface area contributed by atoms with E-state index in [1.165, 1.54) is 6.20 Å². The normalized spacial score (nSPS) is 16.9. The zero-order valence-electron chi connectivity index (χ0n) is 13.5. The lowest BCUT2D eigenvalue weighted by atomic mass is 10.1. The van der Waals surface area contributed by atoms with Crippen molar-refractivity contribution in [1.29, 1.82) is 0 Å². The van der Waals surface area contributed by atoms with Gasteiger partial charge in [0.25, 0.3) is 11.8 Å². The third-order valence-electron chi connectivity index (χ3n) is 3.89. The molecule has 2 N–H and O–H groups in total. The first-order valence-electron chi connectivity index (χ1n) is 7.84. The number of nitrogens with one attached hydrogen (secondary N) is 2. The zero-order valence-corrected chi connectivity index (χ0v) is 13.5. The molecular weight excluding hydrogens is 346 g/mol. The molecule has 0 atom stereocenters. The third-order valence-corrected chi connectivity index (χ3v) is 3.89. The highest BCUT2D eigenvalue weighted by molar-refractivity contribution is 5.93. The van der Waals surface area contributed by atoms with Crippen molar-refractivity contribution in [1.82, 2.24) is 20.5 Å². The van der Waals surface area contributed by atoms with Gasteiger partial charge in [-0.2, -0.15) is 5.10 Å². The first kappa shape index (κ1) is 16.2. The van der Waals surface area contributed by atoms with Crippen molar-refractivity contribution in [2.75, 3.05) is 19.8 Å². The molecule has 9 heteroatoms. The van der Waals surface area contributed by atoms with Gasteiger partial charge in [0.2, 0.25) is 0 Å². The lowest BCUT2D eigenvalue weighted by Gasteiger charge is -2.17. The van der Waals surface area contributed by atoms with Crippen LogP contribution in [0.25, 0.3) is 22.2 Å². The molecule has 2 aromatic heterocycles. The molecule has 7 nitrogen and oxygen atoms in total. The van der Waals surface area contributed by atoms with Crippen molar-refractivity contribution in [2.45, 2.75) is 5.92 Å². The van der Waals surface area contributed by atoms with Crippen LogP contribution >= 0.6 is 0 Å². The van der Waals surface area contributed by atoms with Crippen LogP contribution in [0.1, 0.15) is 0 Å². The average molecular weight is 360 g/mol. The Bertz CT molecular complexity index is 974. The van der Waals surface area contributed by atoms with Gasteiger partial charge in [-0.15, -0.1) is 0 Å². The van der Waals surface area contributed by atoms with Crippen LogP contribution < -0.4 is 14.8 Å². The number of carbonyl (C=O) groups excluding carboxylic acids is 1. The molecule has 1 aliphatic heterocycles. The topological polar surface area (TPSA) is 89.1 Å². The van der Waals surface area contributed by atoms with Gasteiger partial charge in [-0.1, -0.05) is 0 Å². The van der Waals surface area contributed by atoms with Crippen molar-refractivity contribution < 1.29 is 23.0 Å². The third kappa shape index (κ3) is 3.28. The van der Waals surface area contributed by atoms with E-state index in [4.69, 9.17) is 9.47 Å². The summed E-state index contributed by atoms with van der Waals surface area (Å²) in [4.78, 5) is 15.8. The molecule has 3 heterocycles. The number of hydrogen-bond donors (Lipinski definition) is 2. The van der Waals surface area contributed by atoms with E-state index in [9.17, 15) is 13.6 Å². The number of fused-ring (bicyclic) bond motifs is 4. The largest absolute Gasteiger partial charge is 0.487 e. The second kappa shape index (κ2) is 6.25. The summed E-state index contributed by atoms with van der Waals surface area (Å²) in [6.07, 6.45) is 3.04. The molecule has 4 rings (SSSR count). The van der Waals surface area contributed by atoms with Crippen LogP contribution in [0, 0.1) is 0 Å². The van der Waals surface area contributed by atoms with Gasteiger partial charge in [0, 0.05) is 17.1 Å². The number of halogens is 2. The maximum Gasteiger partial charge on any atom is 0.298 e. The molecule has 0 saturated carbocycles. The van der Waals surface area contributed by atoms with Gasteiger partial charge in [-0.25, -0.2) is 8.78 Å². The van der Waals surface area contributed by atoms with Crippen molar-refractivity contribution in [3.63, 3.8) is 0 Å². The average Bonchev–Trinajstić information content (AvgIpc) is 3.06. The summed E-state index contributed by atoms with van der Waals surface area (Å²) in [5.74, 6) is -3.26. The highest BCUT2D eigenvalue weighted by Gasteiger charge is 2.31. The van der Waals surface area contributed by atoms with Gasteiger partial charge >= 0.3 is 0 Å². The summed E-state index contributed by atoms with van der Waals surface area (Å²) in [6.45, 7) is -2.10. The number of amides is 1. The van der Waals surface area contributed by atoms with Crippen molar-refractivity contribution in [3.8, 4) is 22.8 Å². The lowest BCUT2D eigenvalue weighted by molar-refractivity contribution is -0.125. The summed E-state index contributed by atoms with van der Waals surface area (Å²) in [5, 5.41) is 9.98. The Labute approximate surface area is 146 Å². The first-order chi connectivity index (χ1) is 12.5. The smallest absolute Gasteiger partial charge is 0.298 e. The standard InChI is InChI=1S/C17H14F2N4O3/c18-17(19)8-21-15(24)7-25-12-3-10(5-20-6-12)16-13-4-11(26-9-17)1-2-14(13)22-23-16/h1-6H,7-9H2,(H,21,24)(H,22,23). The molecule has 26 heavy (non-hydrogen) atoms. The van der Waals surface area contributed by atoms with Crippen LogP contribution in [0.15, 0.2) is 36.7 Å². The number of H-pyrrole nitrogens is 1. The summed E-state index contributed by atoms with van der Waals surface area (Å²) < 4.78 is 38.4. The molecule has 0 saturated heterocycles. The maximum atomic E-state index is 13.9. The molecule has 4 bridgehead atoms. The fraction of sp³-hybridized carbons (Fsp3) is 0.235. The van der Waals surface area contributed by atoms with Gasteiger partial charge in [-0.05, 0) is 24.3 Å². The molecular formula is C17H14F2N4O3. The number of nitrogens with zero attached hydrogens (tertiary/aromatic N) is 2. The summed E-state index contributed by atoms with van der Waals surface area (Å²) >= 11 is 0. The minimum atomic E-state index is -3.22. The minimum Gasteiger partial charge on any atom is -0.487 e. The summed E-state index contributed by atoms with van der Waals surface area (Å²) in [5.41, 5.74) is 1.97. The monoisotopic (exact) mass is 360 g/mol. The predicted octanol–water partition coefficient (Wildman–Crippen LogP) is 2.15. The van der Waals surface area contributed by atoms with E-state index in [1.54, 1.807) is 30.5 Å². The van der Waals surface area contributed by atoms with Crippen LogP contribution in [0.3, 0.4) is 0 Å². The number of aromatic nitrogens is 3. The van der Waals surface area contributed by atoms with Crippen molar-refractivity contribution >= 4 is 16.8 Å². The predicted molar refractivity (Wildman–Crippen MR) is 88.3 cm³/mol. The van der Waals surface area contributed by atoms with Crippen LogP contribution in [-0.4, -0.2) is 46.8 Å². The second-order valence-corrected chi connectivity index (χ2v) is 5.90. The Morgan fingerprint density at radius 1 is 1.12 bits per heavy atom. The van der Waals surface area contributed by atoms with Crippen molar-refractivity contribution in [2.24, 2.45) is 0 Å². The Morgan fingerprint density at radius 3 is 2.88 bits per heavy atom. The molecule has 0 unspecified atom stereocenters. The van der Waals surface area contributed by atoms with Crippen molar-refractivity contribution in [3.05, 3.63) is 36.7 Å². The Kier molecular flexibility index (Phi) is 3.90. The number of aromatic amines is 1. The highest BCUT2D eigenvalue weighted by atomic mass is 19.3. The first-order valence-corrected chi connectivity index (χ1v) is 7.84. The quantitative estimate of drug-likeness (QED) is 0.641. The van der Waals surface area contributed by atoms with Gasteiger partial charge in [0.1, 0.15) is 17.2 Å². The number of rotatable bonds is 0. The van der Waals surface area contributed by atoms with Gasteiger partial charge < -0.3 is 14.8 Å². The molecule has 1 aliphatic rings. The molecule has 0 radical (unpaired) electrons. The number of alkyl halides is 2. The van der Waals surface area contributed by atoms with E-state index in [0.29, 0.717) is 22.4 Å². The molecule has 0 fully saturated rings. The van der Waals surface area contributed by atoms with Crippen LogP contribution in [0.2, 0.25) is 0 Å². The highest BCUT2D eigenvalue weighted by Crippen LogP contribution is 2.31. The second-order valence-electron chi connectivity index (χ2n) is 5.90. The number of ether oxygens (including phenoxy) is 2. The van der Waals surface area contributed by atoms with Crippen LogP contribution in [-0.2, 0) is 4.79 Å². The number of pyridine rings is 1. The van der Waals surface area contributed by atoms with Crippen LogP contribution in [0.5, 0.6) is 11.5 Å². The SMILES string of the molecule is O=C1COc2cncc(c2)-c2n[nH]c3ccc(cc23)OCC(F)(F)CN1. The number of benzene rings is 1. The van der Waals surface area contributed by atoms with Crippen LogP contribution in [0.4, 0.5) is 8.78 Å². The van der Waals surface area contributed by atoms with E-state index < -0.39 is 31.6 Å². The molecule has 1 amide bonds. The van der Waals surface area contributed by atoms with E-state index in [0.717, 1.165) is 5.52 Å². The molecule has 1 aromatic carbocycles. The minimum absolute atomic E-state index is 0.279. The van der Waals surface area contributed by atoms with Gasteiger partial charge in [-0.3, -0.25) is 14.9 Å². The Balaban J connectivity index is 1.78. The molecule has 0 aliphatic carbocycles. The zero-order chi connectivity index (χ0) is 18.1. The maximum absolute atomic E-state index is 13.9. The van der Waals surface area contributed by atoms with Gasteiger partial charge in [0.15, 0.2) is 13.2 Å². The van der Waals surface area contributed by atoms with E-state index >= 15 is 0 Å². The van der Waals surface area contributed by atoms with E-state index in [2.05, 4.69) is 20.5 Å². The fourth-order valence-corrected chi connectivity index (χ4v) is 2.60.